The van der Waals surface area contributed by atoms with Crippen LogP contribution in [0, 0.1) is 0 Å². The van der Waals surface area contributed by atoms with E-state index in [-0.39, 0.29) is 18.7 Å². The number of aromatic nitrogens is 4. The van der Waals surface area contributed by atoms with Crippen LogP contribution in [0.2, 0.25) is 0 Å². The van der Waals surface area contributed by atoms with E-state index in [1.165, 1.54) is 25.5 Å². The molecule has 0 aromatic carbocycles. The first-order valence-electron chi connectivity index (χ1n) is 12.1. The maximum atomic E-state index is 12.3. The average molecular weight is 475 g/mol. The molecule has 34 heavy (non-hydrogen) atoms. The monoisotopic (exact) mass is 474 g/mol. The molecular formula is C24H32F2N6O2. The number of amides is 1. The molecule has 0 bridgehead atoms. The highest BCUT2D eigenvalue weighted by Gasteiger charge is 2.32. The zero-order chi connectivity index (χ0) is 24.0. The lowest BCUT2D eigenvalue weighted by Crippen LogP contribution is -2.23. The normalized spacial score (nSPS) is 18.3. The summed E-state index contributed by atoms with van der Waals surface area (Å²) in [5.41, 5.74) is 9.21. The second kappa shape index (κ2) is 11.0. The fourth-order valence-electron chi connectivity index (χ4n) is 3.56. The molecule has 0 saturated heterocycles. The predicted molar refractivity (Wildman–Crippen MR) is 122 cm³/mol. The predicted octanol–water partition coefficient (Wildman–Crippen LogP) is 4.74. The Balaban J connectivity index is 0.000000205. The average Bonchev–Trinajstić information content (AvgIpc) is 3.78. The number of carbonyl (C=O) groups is 1. The number of nitrogens with one attached hydrogen (secondary N) is 1. The van der Waals surface area contributed by atoms with E-state index < -0.39 is 5.92 Å². The molecule has 0 atom stereocenters. The van der Waals surface area contributed by atoms with Gasteiger partial charge in [0.2, 0.25) is 5.92 Å². The number of carbonyl (C=O) groups excluding carboxylic acids is 1. The number of nitrogens with zero attached hydrogens (tertiary/aromatic N) is 4. The highest BCUT2D eigenvalue weighted by Crippen LogP contribution is 2.40. The number of hydrogen-bond acceptors (Lipinski definition) is 6. The van der Waals surface area contributed by atoms with Crippen molar-refractivity contribution in [1.82, 2.24) is 25.1 Å². The Hall–Kier alpha value is -2.88. The second-order valence-corrected chi connectivity index (χ2v) is 9.15. The minimum atomic E-state index is -2.32. The van der Waals surface area contributed by atoms with E-state index in [4.69, 9.17) is 10.3 Å². The molecule has 3 saturated carbocycles. The number of nitrogens with two attached hydrogens (primary N) is 1. The molecular weight excluding hydrogens is 442 g/mol. The van der Waals surface area contributed by atoms with Crippen molar-refractivity contribution in [3.8, 4) is 0 Å². The van der Waals surface area contributed by atoms with Crippen LogP contribution in [0.4, 0.5) is 8.78 Å². The van der Waals surface area contributed by atoms with Gasteiger partial charge >= 0.3 is 0 Å². The molecule has 10 heteroatoms. The van der Waals surface area contributed by atoms with Gasteiger partial charge in [-0.25, -0.2) is 18.3 Å². The molecule has 6 rings (SSSR count). The number of rotatable bonds is 5. The number of halogens is 2. The van der Waals surface area contributed by atoms with E-state index in [2.05, 4.69) is 20.6 Å². The number of hydrogen-bond donors (Lipinski definition) is 2. The molecule has 3 fully saturated rings. The smallest absolute Gasteiger partial charge is 0.256 e. The highest BCUT2D eigenvalue weighted by molar-refractivity contribution is 5.95. The summed E-state index contributed by atoms with van der Waals surface area (Å²) in [5, 5.41) is 11.0. The van der Waals surface area contributed by atoms with Gasteiger partial charge in [0, 0.05) is 25.3 Å². The minimum Gasteiger partial charge on any atom is -0.364 e. The largest absolute Gasteiger partial charge is 0.364 e. The quantitative estimate of drug-likeness (QED) is 0.553. The van der Waals surface area contributed by atoms with Gasteiger partial charge in [-0.15, -0.1) is 0 Å². The molecule has 3 aliphatic carbocycles. The van der Waals surface area contributed by atoms with Crippen LogP contribution in [-0.2, 0) is 13.1 Å². The molecule has 3 heterocycles. The van der Waals surface area contributed by atoms with Crippen molar-refractivity contribution in [3.05, 3.63) is 47.2 Å². The van der Waals surface area contributed by atoms with E-state index >= 15 is 0 Å². The van der Waals surface area contributed by atoms with E-state index in [1.54, 1.807) is 16.9 Å². The van der Waals surface area contributed by atoms with Gasteiger partial charge in [-0.2, -0.15) is 5.10 Å². The van der Waals surface area contributed by atoms with Crippen LogP contribution in [0.1, 0.15) is 97.4 Å². The van der Waals surface area contributed by atoms with Crippen LogP contribution in [0.15, 0.2) is 29.2 Å². The van der Waals surface area contributed by atoms with Gasteiger partial charge in [-0.1, -0.05) is 30.8 Å². The fourth-order valence-corrected chi connectivity index (χ4v) is 3.56. The standard InChI is InChI=1S/C15H16N6O2.C6H10F2.C3H6/c16-4-9-3-13-19-11(7-21(13)18-5-9)6-17-15(22)12-8-23-20-14(12)10-1-2-10;7-6(8)4-2-1-3-5-6;1-2-3-1/h3,5,7-8,10H,1-2,4,6,16H2,(H,17,22);1-5H2;1-3H2. The van der Waals surface area contributed by atoms with Crippen LogP contribution >= 0.6 is 0 Å². The van der Waals surface area contributed by atoms with Crippen molar-refractivity contribution < 1.29 is 18.1 Å². The number of imidazole rings is 1. The van der Waals surface area contributed by atoms with E-state index in [0.717, 1.165) is 36.2 Å². The van der Waals surface area contributed by atoms with Gasteiger partial charge in [-0.3, -0.25) is 4.79 Å². The Morgan fingerprint density at radius 1 is 1.18 bits per heavy atom. The summed E-state index contributed by atoms with van der Waals surface area (Å²) in [6.07, 6.45) is 14.2. The van der Waals surface area contributed by atoms with Crippen molar-refractivity contribution in [2.75, 3.05) is 0 Å². The molecule has 8 nitrogen and oxygen atoms in total. The molecule has 3 N–H and O–H groups in total. The molecule has 0 radical (unpaired) electrons. The van der Waals surface area contributed by atoms with Gasteiger partial charge in [0.25, 0.3) is 5.91 Å². The van der Waals surface area contributed by atoms with E-state index in [1.807, 2.05) is 6.07 Å². The van der Waals surface area contributed by atoms with Gasteiger partial charge in [0.15, 0.2) is 5.65 Å². The van der Waals surface area contributed by atoms with E-state index in [0.29, 0.717) is 43.1 Å². The lowest BCUT2D eigenvalue weighted by Gasteiger charge is -2.20. The Labute approximate surface area is 197 Å². The first kappa shape index (κ1) is 24.3. The maximum Gasteiger partial charge on any atom is 0.256 e. The summed E-state index contributed by atoms with van der Waals surface area (Å²) in [5.74, 6) is -2.15. The number of alkyl halides is 2. The maximum absolute atomic E-state index is 12.3. The molecule has 0 unspecified atom stereocenters. The van der Waals surface area contributed by atoms with Crippen molar-refractivity contribution in [1.29, 1.82) is 0 Å². The second-order valence-electron chi connectivity index (χ2n) is 9.15. The SMILES string of the molecule is C1CC1.FC1(F)CCCCC1.NCc1cnn2cc(CNC(=O)c3conc3C3CC3)nc2c1. The topological polar surface area (TPSA) is 111 Å². The summed E-state index contributed by atoms with van der Waals surface area (Å²) >= 11 is 0. The Morgan fingerprint density at radius 3 is 2.47 bits per heavy atom. The van der Waals surface area contributed by atoms with Crippen LogP contribution in [0.3, 0.4) is 0 Å². The zero-order valence-corrected chi connectivity index (χ0v) is 19.3. The fraction of sp³-hybridized carbons (Fsp3) is 0.583. The summed E-state index contributed by atoms with van der Waals surface area (Å²) in [6, 6.07) is 1.88. The Kier molecular flexibility index (Phi) is 7.87. The van der Waals surface area contributed by atoms with E-state index in [9.17, 15) is 13.6 Å². The lowest BCUT2D eigenvalue weighted by atomic mass is 9.97. The van der Waals surface area contributed by atoms with Crippen molar-refractivity contribution in [3.63, 3.8) is 0 Å². The third-order valence-corrected chi connectivity index (χ3v) is 5.84. The molecule has 3 aliphatic rings. The zero-order valence-electron chi connectivity index (χ0n) is 19.3. The molecule has 1 amide bonds. The minimum absolute atomic E-state index is 0.118. The van der Waals surface area contributed by atoms with Crippen molar-refractivity contribution in [2.45, 2.75) is 89.1 Å². The first-order valence-corrected chi connectivity index (χ1v) is 12.1. The summed E-state index contributed by atoms with van der Waals surface area (Å²) < 4.78 is 31.0. The Bertz CT molecular complexity index is 1080. The number of fused-ring (bicyclic) bond motifs is 1. The van der Waals surface area contributed by atoms with Crippen LogP contribution in [-0.4, -0.2) is 31.6 Å². The first-order chi connectivity index (χ1) is 16.4. The van der Waals surface area contributed by atoms with Crippen molar-refractivity contribution in [2.24, 2.45) is 5.73 Å². The molecule has 0 spiro atoms. The molecule has 3 aromatic rings. The third-order valence-electron chi connectivity index (χ3n) is 5.84. The van der Waals surface area contributed by atoms with Gasteiger partial charge in [0.1, 0.15) is 11.8 Å². The summed E-state index contributed by atoms with van der Waals surface area (Å²) in [7, 11) is 0. The van der Waals surface area contributed by atoms with Gasteiger partial charge < -0.3 is 15.6 Å². The molecule has 3 aromatic heterocycles. The van der Waals surface area contributed by atoms with Gasteiger partial charge in [0.05, 0.1) is 30.3 Å². The third kappa shape index (κ3) is 7.06. The van der Waals surface area contributed by atoms with Crippen molar-refractivity contribution >= 4 is 11.6 Å². The van der Waals surface area contributed by atoms with Crippen LogP contribution in [0.5, 0.6) is 0 Å². The van der Waals surface area contributed by atoms with Crippen LogP contribution < -0.4 is 11.1 Å². The Morgan fingerprint density at radius 2 is 1.88 bits per heavy atom. The highest BCUT2D eigenvalue weighted by atomic mass is 19.3. The molecule has 0 aliphatic heterocycles. The molecule has 184 valence electrons. The lowest BCUT2D eigenvalue weighted by molar-refractivity contribution is -0.0337. The summed E-state index contributed by atoms with van der Waals surface area (Å²) in [4.78, 5) is 16.7. The summed E-state index contributed by atoms with van der Waals surface area (Å²) in [6.45, 7) is 0.731. The van der Waals surface area contributed by atoms with Crippen LogP contribution in [0.25, 0.3) is 5.65 Å². The van der Waals surface area contributed by atoms with Gasteiger partial charge in [-0.05, 0) is 37.3 Å².